The van der Waals surface area contributed by atoms with Crippen LogP contribution < -0.4 is 0 Å². The highest BCUT2D eigenvalue weighted by molar-refractivity contribution is 5.75. The molecule has 2 aliphatic carbocycles. The van der Waals surface area contributed by atoms with Crippen LogP contribution in [0.5, 0.6) is 0 Å². The van der Waals surface area contributed by atoms with Gasteiger partial charge in [0, 0.05) is 0 Å². The monoisotopic (exact) mass is 460 g/mol. The van der Waals surface area contributed by atoms with E-state index in [-0.39, 0.29) is 11.9 Å². The van der Waals surface area contributed by atoms with Crippen LogP contribution in [0.3, 0.4) is 0 Å². The summed E-state index contributed by atoms with van der Waals surface area (Å²) < 4.78 is 11.6. The molecular weight excluding hydrogens is 424 g/mol. The molecule has 1 unspecified atom stereocenters. The lowest BCUT2D eigenvalue weighted by Gasteiger charge is -2.22. The third-order valence-corrected chi connectivity index (χ3v) is 5.20. The van der Waals surface area contributed by atoms with E-state index in [1.165, 1.54) is 11.1 Å². The van der Waals surface area contributed by atoms with Gasteiger partial charge in [0.1, 0.15) is 12.4 Å². The molecule has 1 aromatic carbocycles. The minimum absolute atomic E-state index is 0.0618. The number of carbonyl (C=O) groups is 2. The third kappa shape index (κ3) is 10.2. The lowest BCUT2D eigenvalue weighted by Crippen LogP contribution is -2.27. The first-order valence-electron chi connectivity index (χ1n) is 11.7. The Morgan fingerprint density at radius 1 is 1.12 bits per heavy atom. The summed E-state index contributed by atoms with van der Waals surface area (Å²) in [4.78, 5) is 20.5. The Labute approximate surface area is 204 Å². The van der Waals surface area contributed by atoms with Gasteiger partial charge in [0.2, 0.25) is 0 Å². The second-order valence-electron chi connectivity index (χ2n) is 9.32. The summed E-state index contributed by atoms with van der Waals surface area (Å²) in [6.07, 6.45) is 19.8. The van der Waals surface area contributed by atoms with E-state index in [4.69, 9.17) is 14.3 Å². The maximum absolute atomic E-state index is 12.5. The molecule has 1 atom stereocenters. The molecule has 0 spiro atoms. The van der Waals surface area contributed by atoms with Gasteiger partial charge in [0.15, 0.2) is 0 Å². The Balaban J connectivity index is 0.00000199. The molecule has 0 N–H and O–H groups in total. The van der Waals surface area contributed by atoms with Crippen LogP contribution in [0.1, 0.15) is 51.2 Å². The SMILES string of the molecule is C=O.CC(C)(C)OC(=O)CC(COCC1=CCCC=C1)Cc1ccc(C2=CC=CC=C=C2)cc1. The molecule has 0 aromatic heterocycles. The van der Waals surface area contributed by atoms with Crippen molar-refractivity contribution in [3.05, 3.63) is 95.3 Å². The van der Waals surface area contributed by atoms with Crippen molar-refractivity contribution >= 4 is 18.3 Å². The minimum Gasteiger partial charge on any atom is -0.460 e. The number of hydrogen-bond donors (Lipinski definition) is 0. The predicted octanol–water partition coefficient (Wildman–Crippen LogP) is 6.35. The van der Waals surface area contributed by atoms with Crippen LogP contribution in [0.25, 0.3) is 5.57 Å². The number of esters is 1. The molecule has 0 heterocycles. The van der Waals surface area contributed by atoms with Crippen molar-refractivity contribution < 1.29 is 19.1 Å². The maximum Gasteiger partial charge on any atom is 0.306 e. The van der Waals surface area contributed by atoms with Gasteiger partial charge in [0.05, 0.1) is 19.6 Å². The van der Waals surface area contributed by atoms with Crippen LogP contribution in [-0.2, 0) is 25.5 Å². The fourth-order valence-corrected chi connectivity index (χ4v) is 3.73. The normalized spacial score (nSPS) is 15.5. The zero-order chi connectivity index (χ0) is 24.8. The quantitative estimate of drug-likeness (QED) is 0.318. The number of rotatable bonds is 9. The van der Waals surface area contributed by atoms with E-state index in [2.05, 4.69) is 54.3 Å². The smallest absolute Gasteiger partial charge is 0.306 e. The molecule has 34 heavy (non-hydrogen) atoms. The molecule has 4 nitrogen and oxygen atoms in total. The highest BCUT2D eigenvalue weighted by Crippen LogP contribution is 2.21. The number of allylic oxidation sites excluding steroid dienone is 7. The summed E-state index contributed by atoms with van der Waals surface area (Å²) >= 11 is 0. The predicted molar refractivity (Wildman–Crippen MR) is 138 cm³/mol. The summed E-state index contributed by atoms with van der Waals surface area (Å²) in [6, 6.07) is 8.52. The van der Waals surface area contributed by atoms with Crippen LogP contribution in [0.2, 0.25) is 0 Å². The lowest BCUT2D eigenvalue weighted by molar-refractivity contribution is -0.156. The Morgan fingerprint density at radius 2 is 1.88 bits per heavy atom. The molecule has 1 aromatic rings. The van der Waals surface area contributed by atoms with Gasteiger partial charge >= 0.3 is 5.97 Å². The van der Waals surface area contributed by atoms with E-state index in [1.807, 2.05) is 51.9 Å². The van der Waals surface area contributed by atoms with Crippen LogP contribution in [0, 0.1) is 5.92 Å². The second-order valence-corrected chi connectivity index (χ2v) is 9.32. The Hall–Kier alpha value is -3.20. The largest absolute Gasteiger partial charge is 0.460 e. The van der Waals surface area contributed by atoms with Crippen molar-refractivity contribution in [1.82, 2.24) is 0 Å². The molecule has 3 rings (SSSR count). The summed E-state index contributed by atoms with van der Waals surface area (Å²) in [6.45, 7) is 8.81. The molecule has 0 saturated carbocycles. The van der Waals surface area contributed by atoms with E-state index < -0.39 is 5.60 Å². The number of benzene rings is 1. The molecule has 0 bridgehead atoms. The van der Waals surface area contributed by atoms with Crippen LogP contribution >= 0.6 is 0 Å². The van der Waals surface area contributed by atoms with Gasteiger partial charge in [-0.3, -0.25) is 4.79 Å². The molecule has 0 saturated heterocycles. The average molecular weight is 461 g/mol. The van der Waals surface area contributed by atoms with Gasteiger partial charge in [-0.2, -0.15) is 0 Å². The standard InChI is InChI=1S/C29H34O3.CH2O/c1-29(2,3)32-28(30)20-25(22-31-21-24-11-7-6-8-12-24)19-23-15-17-27(18-16-23)26-13-9-4-5-10-14-26;1-2/h4-5,7,9,11-18,25H,6,8,19-22H2,1-3H3;1H2. The van der Waals surface area contributed by atoms with Gasteiger partial charge in [-0.25, -0.2) is 0 Å². The first-order chi connectivity index (χ1) is 16.4. The van der Waals surface area contributed by atoms with E-state index in [9.17, 15) is 4.79 Å². The fraction of sp³-hybridized carbons (Fsp3) is 0.367. The Morgan fingerprint density at radius 3 is 2.56 bits per heavy atom. The van der Waals surface area contributed by atoms with E-state index in [0.29, 0.717) is 19.6 Å². The average Bonchev–Trinajstić information content (AvgIpc) is 3.10. The van der Waals surface area contributed by atoms with Crippen LogP contribution in [0.15, 0.2) is 84.2 Å². The maximum atomic E-state index is 12.5. The van der Waals surface area contributed by atoms with Crippen molar-refractivity contribution in [2.45, 2.75) is 52.1 Å². The van der Waals surface area contributed by atoms with Crippen LogP contribution in [0.4, 0.5) is 0 Å². The molecule has 0 radical (unpaired) electrons. The molecule has 0 amide bonds. The van der Waals surface area contributed by atoms with Gasteiger partial charge in [-0.1, -0.05) is 60.7 Å². The van der Waals surface area contributed by atoms with E-state index >= 15 is 0 Å². The zero-order valence-corrected chi connectivity index (χ0v) is 20.6. The fourth-order valence-electron chi connectivity index (χ4n) is 3.73. The summed E-state index contributed by atoms with van der Waals surface area (Å²) in [5.74, 6) is -0.112. The van der Waals surface area contributed by atoms with Gasteiger partial charge in [0.25, 0.3) is 0 Å². The Bertz CT molecular complexity index is 978. The number of carbonyl (C=O) groups excluding carboxylic acids is 2. The first kappa shape index (κ1) is 27.0. The highest BCUT2D eigenvalue weighted by atomic mass is 16.6. The lowest BCUT2D eigenvalue weighted by atomic mass is 9.95. The molecule has 4 heteroatoms. The molecule has 0 fully saturated rings. The topological polar surface area (TPSA) is 52.6 Å². The highest BCUT2D eigenvalue weighted by Gasteiger charge is 2.21. The van der Waals surface area contributed by atoms with Gasteiger partial charge < -0.3 is 14.3 Å². The van der Waals surface area contributed by atoms with Gasteiger partial charge in [-0.15, -0.1) is 5.73 Å². The van der Waals surface area contributed by atoms with E-state index in [1.54, 1.807) is 0 Å². The van der Waals surface area contributed by atoms with Gasteiger partial charge in [-0.05, 0) is 80.4 Å². The number of ether oxygens (including phenoxy) is 2. The number of hydrogen-bond acceptors (Lipinski definition) is 4. The molecular formula is C30H36O4. The van der Waals surface area contributed by atoms with Crippen LogP contribution in [-0.4, -0.2) is 31.6 Å². The second kappa shape index (κ2) is 14.1. The van der Waals surface area contributed by atoms with E-state index in [0.717, 1.165) is 30.4 Å². The third-order valence-electron chi connectivity index (χ3n) is 5.20. The van der Waals surface area contributed by atoms with Crippen molar-refractivity contribution in [3.8, 4) is 0 Å². The van der Waals surface area contributed by atoms with Crippen molar-refractivity contribution in [3.63, 3.8) is 0 Å². The van der Waals surface area contributed by atoms with Crippen molar-refractivity contribution in [1.29, 1.82) is 0 Å². The van der Waals surface area contributed by atoms with Crippen molar-refractivity contribution in [2.24, 2.45) is 5.92 Å². The minimum atomic E-state index is -0.481. The zero-order valence-electron chi connectivity index (χ0n) is 20.6. The molecule has 2 aliphatic rings. The summed E-state index contributed by atoms with van der Waals surface area (Å²) in [5, 5.41) is 0. The summed E-state index contributed by atoms with van der Waals surface area (Å²) in [7, 11) is 0. The molecule has 0 aliphatic heterocycles. The summed E-state index contributed by atoms with van der Waals surface area (Å²) in [5.41, 5.74) is 7.35. The first-order valence-corrected chi connectivity index (χ1v) is 11.7. The van der Waals surface area contributed by atoms with Crippen molar-refractivity contribution in [2.75, 3.05) is 13.2 Å². The Kier molecular flexibility index (Phi) is 11.3. The molecule has 180 valence electrons.